The number of aliphatic carboxylic acids is 1. The number of nitrogens with zero attached hydrogens (tertiary/aromatic N) is 2. The number of imidazole rings is 1. The standard InChI is InChI=1S/C20H21N3O3/c1-23-17-7-6-15(18(24)8-9-19(25)26)12-16(17)22-20(23)14-4-2-13(3-5-14)10-11-21/h2-7,12H,8-11,21H2,1H3,(H,25,26). The van der Waals surface area contributed by atoms with Gasteiger partial charge in [-0.3, -0.25) is 9.59 Å². The predicted octanol–water partition coefficient (Wildman–Crippen LogP) is 2.79. The third-order valence-electron chi connectivity index (χ3n) is 4.41. The highest BCUT2D eigenvalue weighted by molar-refractivity contribution is 6.00. The van der Waals surface area contributed by atoms with Crippen molar-refractivity contribution in [2.45, 2.75) is 19.3 Å². The predicted molar refractivity (Wildman–Crippen MR) is 100 cm³/mol. The van der Waals surface area contributed by atoms with Gasteiger partial charge in [0.25, 0.3) is 0 Å². The summed E-state index contributed by atoms with van der Waals surface area (Å²) in [4.78, 5) is 27.5. The van der Waals surface area contributed by atoms with E-state index in [1.165, 1.54) is 5.56 Å². The molecule has 0 saturated heterocycles. The molecule has 6 nitrogen and oxygen atoms in total. The third kappa shape index (κ3) is 3.65. The normalized spacial score (nSPS) is 11.0. The number of hydrogen-bond acceptors (Lipinski definition) is 4. The number of carbonyl (C=O) groups excluding carboxylic acids is 1. The molecule has 0 aliphatic heterocycles. The van der Waals surface area contributed by atoms with E-state index in [1.807, 2.05) is 41.9 Å². The lowest BCUT2D eigenvalue weighted by atomic mass is 10.1. The lowest BCUT2D eigenvalue weighted by Gasteiger charge is -2.04. The number of carboxylic acid groups (broad SMARTS) is 1. The van der Waals surface area contributed by atoms with Gasteiger partial charge in [0.1, 0.15) is 5.82 Å². The van der Waals surface area contributed by atoms with Crippen molar-refractivity contribution >= 4 is 22.8 Å². The molecule has 0 amide bonds. The van der Waals surface area contributed by atoms with E-state index >= 15 is 0 Å². The van der Waals surface area contributed by atoms with Crippen LogP contribution in [0.3, 0.4) is 0 Å². The number of hydrogen-bond donors (Lipinski definition) is 2. The van der Waals surface area contributed by atoms with Crippen molar-refractivity contribution in [3.8, 4) is 11.4 Å². The third-order valence-corrected chi connectivity index (χ3v) is 4.41. The maximum atomic E-state index is 12.1. The molecule has 0 saturated carbocycles. The van der Waals surface area contributed by atoms with E-state index in [4.69, 9.17) is 10.8 Å². The molecule has 0 spiro atoms. The minimum Gasteiger partial charge on any atom is -0.481 e. The summed E-state index contributed by atoms with van der Waals surface area (Å²) in [5.74, 6) is -0.347. The molecule has 3 rings (SSSR count). The van der Waals surface area contributed by atoms with Crippen molar-refractivity contribution in [2.24, 2.45) is 12.8 Å². The van der Waals surface area contributed by atoms with Crippen molar-refractivity contribution in [3.63, 3.8) is 0 Å². The average Bonchev–Trinajstić information content (AvgIpc) is 2.97. The van der Waals surface area contributed by atoms with Crippen molar-refractivity contribution in [3.05, 3.63) is 53.6 Å². The van der Waals surface area contributed by atoms with Gasteiger partial charge in [0.05, 0.1) is 17.5 Å². The second-order valence-corrected chi connectivity index (χ2v) is 6.25. The molecule has 2 aromatic carbocycles. The van der Waals surface area contributed by atoms with Crippen LogP contribution in [-0.4, -0.2) is 33.0 Å². The van der Waals surface area contributed by atoms with Crippen LogP contribution in [0.15, 0.2) is 42.5 Å². The van der Waals surface area contributed by atoms with Gasteiger partial charge in [0.15, 0.2) is 5.78 Å². The molecule has 0 unspecified atom stereocenters. The zero-order valence-corrected chi connectivity index (χ0v) is 14.6. The van der Waals surface area contributed by atoms with Gasteiger partial charge in [0.2, 0.25) is 0 Å². The highest BCUT2D eigenvalue weighted by Crippen LogP contribution is 2.25. The zero-order chi connectivity index (χ0) is 18.7. The molecule has 3 aromatic rings. The summed E-state index contributed by atoms with van der Waals surface area (Å²) in [6.07, 6.45) is 0.660. The zero-order valence-electron chi connectivity index (χ0n) is 14.6. The molecule has 134 valence electrons. The van der Waals surface area contributed by atoms with E-state index in [0.717, 1.165) is 28.8 Å². The summed E-state index contributed by atoms with van der Waals surface area (Å²) in [7, 11) is 1.93. The second-order valence-electron chi connectivity index (χ2n) is 6.25. The Morgan fingerprint density at radius 2 is 1.85 bits per heavy atom. The number of carboxylic acids is 1. The highest BCUT2D eigenvalue weighted by atomic mass is 16.4. The molecule has 1 aromatic heterocycles. The summed E-state index contributed by atoms with van der Waals surface area (Å²) in [5.41, 5.74) is 9.88. The number of aromatic nitrogens is 2. The first-order valence-corrected chi connectivity index (χ1v) is 8.50. The van der Waals surface area contributed by atoms with Gasteiger partial charge >= 0.3 is 5.97 Å². The molecular weight excluding hydrogens is 330 g/mol. The number of aryl methyl sites for hydroxylation is 1. The van der Waals surface area contributed by atoms with E-state index in [-0.39, 0.29) is 18.6 Å². The van der Waals surface area contributed by atoms with Crippen LogP contribution in [0.2, 0.25) is 0 Å². The van der Waals surface area contributed by atoms with Gasteiger partial charge in [-0.15, -0.1) is 0 Å². The van der Waals surface area contributed by atoms with Gasteiger partial charge in [0, 0.05) is 24.6 Å². The number of rotatable bonds is 7. The maximum Gasteiger partial charge on any atom is 0.303 e. The molecule has 3 N–H and O–H groups in total. The van der Waals surface area contributed by atoms with Crippen LogP contribution in [0, 0.1) is 0 Å². The highest BCUT2D eigenvalue weighted by Gasteiger charge is 2.14. The van der Waals surface area contributed by atoms with E-state index in [9.17, 15) is 9.59 Å². The fourth-order valence-corrected chi connectivity index (χ4v) is 2.98. The van der Waals surface area contributed by atoms with Crippen LogP contribution >= 0.6 is 0 Å². The van der Waals surface area contributed by atoms with E-state index in [2.05, 4.69) is 4.98 Å². The number of carbonyl (C=O) groups is 2. The summed E-state index contributed by atoms with van der Waals surface area (Å²) < 4.78 is 1.98. The number of nitrogens with two attached hydrogens (primary N) is 1. The molecule has 0 radical (unpaired) electrons. The van der Waals surface area contributed by atoms with Gasteiger partial charge in [-0.1, -0.05) is 24.3 Å². The minimum atomic E-state index is -0.974. The Hall–Kier alpha value is -2.99. The Labute approximate surface area is 151 Å². The van der Waals surface area contributed by atoms with Crippen LogP contribution < -0.4 is 5.73 Å². The van der Waals surface area contributed by atoms with Gasteiger partial charge in [-0.2, -0.15) is 0 Å². The van der Waals surface area contributed by atoms with Crippen molar-refractivity contribution in [2.75, 3.05) is 6.54 Å². The molecule has 26 heavy (non-hydrogen) atoms. The van der Waals surface area contributed by atoms with Gasteiger partial charge in [-0.25, -0.2) is 4.98 Å². The van der Waals surface area contributed by atoms with Crippen LogP contribution in [0.5, 0.6) is 0 Å². The van der Waals surface area contributed by atoms with Crippen LogP contribution in [0.4, 0.5) is 0 Å². The molecule has 0 bridgehead atoms. The molecular formula is C20H21N3O3. The van der Waals surface area contributed by atoms with Crippen molar-refractivity contribution in [1.29, 1.82) is 0 Å². The SMILES string of the molecule is Cn1c(-c2ccc(CCN)cc2)nc2cc(C(=O)CCC(=O)O)ccc21. The first-order chi connectivity index (χ1) is 12.5. The Balaban J connectivity index is 1.92. The van der Waals surface area contributed by atoms with Crippen LogP contribution in [-0.2, 0) is 18.3 Å². The van der Waals surface area contributed by atoms with Crippen LogP contribution in [0.25, 0.3) is 22.4 Å². The first kappa shape index (κ1) is 17.8. The number of fused-ring (bicyclic) bond motifs is 1. The summed E-state index contributed by atoms with van der Waals surface area (Å²) in [6.45, 7) is 0.615. The van der Waals surface area contributed by atoms with E-state index in [1.54, 1.807) is 12.1 Å². The number of ketones is 1. The molecule has 0 fully saturated rings. The topological polar surface area (TPSA) is 98.2 Å². The fourth-order valence-electron chi connectivity index (χ4n) is 2.98. The fraction of sp³-hybridized carbons (Fsp3) is 0.250. The van der Waals surface area contributed by atoms with Crippen LogP contribution in [0.1, 0.15) is 28.8 Å². The summed E-state index contributed by atoms with van der Waals surface area (Å²) in [5, 5.41) is 8.73. The van der Waals surface area contributed by atoms with Crippen molar-refractivity contribution < 1.29 is 14.7 Å². The van der Waals surface area contributed by atoms with Crippen molar-refractivity contribution in [1.82, 2.24) is 9.55 Å². The molecule has 6 heteroatoms. The summed E-state index contributed by atoms with van der Waals surface area (Å²) in [6, 6.07) is 13.4. The lowest BCUT2D eigenvalue weighted by Crippen LogP contribution is -2.03. The maximum absolute atomic E-state index is 12.1. The monoisotopic (exact) mass is 351 g/mol. The number of Topliss-reactive ketones (excluding diaryl/α,β-unsaturated/α-hetero) is 1. The van der Waals surface area contributed by atoms with E-state index < -0.39 is 5.97 Å². The smallest absolute Gasteiger partial charge is 0.303 e. The average molecular weight is 351 g/mol. The summed E-state index contributed by atoms with van der Waals surface area (Å²) >= 11 is 0. The molecule has 0 aliphatic rings. The molecule has 0 atom stereocenters. The largest absolute Gasteiger partial charge is 0.481 e. The molecule has 1 heterocycles. The minimum absolute atomic E-state index is 0.0108. The Morgan fingerprint density at radius 1 is 1.12 bits per heavy atom. The Morgan fingerprint density at radius 3 is 2.50 bits per heavy atom. The van der Waals surface area contributed by atoms with Gasteiger partial charge < -0.3 is 15.4 Å². The lowest BCUT2D eigenvalue weighted by molar-refractivity contribution is -0.136. The second kappa shape index (κ2) is 7.49. The number of benzene rings is 2. The van der Waals surface area contributed by atoms with E-state index in [0.29, 0.717) is 12.1 Å². The molecule has 0 aliphatic carbocycles. The quantitative estimate of drug-likeness (QED) is 0.638. The van der Waals surface area contributed by atoms with Gasteiger partial charge in [-0.05, 0) is 36.7 Å². The Bertz CT molecular complexity index is 958. The Kier molecular flexibility index (Phi) is 5.14. The first-order valence-electron chi connectivity index (χ1n) is 8.50.